The third kappa shape index (κ3) is 4.11. The number of methoxy groups -OCH3 is 2. The molecule has 6 nitrogen and oxygen atoms in total. The molecule has 0 bridgehead atoms. The summed E-state index contributed by atoms with van der Waals surface area (Å²) >= 11 is 0. The van der Waals surface area contributed by atoms with Crippen LogP contribution < -0.4 is 14.8 Å². The Labute approximate surface area is 165 Å². The summed E-state index contributed by atoms with van der Waals surface area (Å²) in [7, 11) is 3.22. The molecule has 0 unspecified atom stereocenters. The molecule has 0 saturated heterocycles. The van der Waals surface area contributed by atoms with Crippen LogP contribution in [0.4, 0.5) is 5.69 Å². The molecule has 0 radical (unpaired) electrons. The maximum Gasteiger partial charge on any atom is 0.254 e. The van der Waals surface area contributed by atoms with Crippen molar-refractivity contribution in [3.63, 3.8) is 0 Å². The molecule has 1 aliphatic heterocycles. The van der Waals surface area contributed by atoms with E-state index in [0.29, 0.717) is 35.8 Å². The van der Waals surface area contributed by atoms with Gasteiger partial charge in [0.25, 0.3) is 5.91 Å². The molecule has 28 heavy (non-hydrogen) atoms. The summed E-state index contributed by atoms with van der Waals surface area (Å²) < 4.78 is 10.8. The zero-order valence-electron chi connectivity index (χ0n) is 16.7. The van der Waals surface area contributed by atoms with Crippen LogP contribution in [0.25, 0.3) is 0 Å². The van der Waals surface area contributed by atoms with Crippen LogP contribution in [0, 0.1) is 5.92 Å². The van der Waals surface area contributed by atoms with E-state index < -0.39 is 0 Å². The van der Waals surface area contributed by atoms with Crippen molar-refractivity contribution in [3.8, 4) is 11.5 Å². The van der Waals surface area contributed by atoms with Gasteiger partial charge in [0.15, 0.2) is 11.5 Å². The van der Waals surface area contributed by atoms with E-state index in [1.54, 1.807) is 38.5 Å². The number of amides is 2. The van der Waals surface area contributed by atoms with Gasteiger partial charge in [-0.3, -0.25) is 9.59 Å². The van der Waals surface area contributed by atoms with Crippen molar-refractivity contribution in [3.05, 3.63) is 53.1 Å². The smallest absolute Gasteiger partial charge is 0.254 e. The lowest BCUT2D eigenvalue weighted by molar-refractivity contribution is -0.118. The van der Waals surface area contributed by atoms with Crippen LogP contribution in [0.15, 0.2) is 36.4 Å². The Hall–Kier alpha value is -3.02. The maximum absolute atomic E-state index is 13.0. The molecule has 0 fully saturated rings. The summed E-state index contributed by atoms with van der Waals surface area (Å²) in [6, 6.07) is 11.0. The van der Waals surface area contributed by atoms with Crippen LogP contribution in [0.3, 0.4) is 0 Å². The minimum absolute atomic E-state index is 0.0546. The Balaban J connectivity index is 1.78. The molecule has 1 heterocycles. The Morgan fingerprint density at radius 1 is 1.04 bits per heavy atom. The van der Waals surface area contributed by atoms with Crippen molar-refractivity contribution >= 4 is 17.5 Å². The normalized spacial score (nSPS) is 13.1. The van der Waals surface area contributed by atoms with E-state index in [1.165, 1.54) is 5.56 Å². The summed E-state index contributed by atoms with van der Waals surface area (Å²) in [4.78, 5) is 26.7. The molecule has 0 aromatic heterocycles. The number of ether oxygens (including phenoxy) is 2. The monoisotopic (exact) mass is 382 g/mol. The van der Waals surface area contributed by atoms with Crippen molar-refractivity contribution in [1.82, 2.24) is 4.90 Å². The van der Waals surface area contributed by atoms with Crippen molar-refractivity contribution in [2.75, 3.05) is 26.1 Å². The van der Waals surface area contributed by atoms with Crippen LogP contribution in [0.5, 0.6) is 11.5 Å². The van der Waals surface area contributed by atoms with E-state index in [9.17, 15) is 9.59 Å². The zero-order valence-corrected chi connectivity index (χ0v) is 16.7. The number of carbonyl (C=O) groups excluding carboxylic acids is 2. The summed E-state index contributed by atoms with van der Waals surface area (Å²) in [5.41, 5.74) is 3.42. The van der Waals surface area contributed by atoms with Crippen molar-refractivity contribution in [1.29, 1.82) is 0 Å². The van der Waals surface area contributed by atoms with Gasteiger partial charge in [-0.2, -0.15) is 0 Å². The number of fused-ring (bicyclic) bond motifs is 1. The van der Waals surface area contributed by atoms with E-state index in [0.717, 1.165) is 12.0 Å². The quantitative estimate of drug-likeness (QED) is 0.859. The predicted octanol–water partition coefficient (Wildman–Crippen LogP) is 3.50. The van der Waals surface area contributed by atoms with Crippen molar-refractivity contribution in [2.24, 2.45) is 5.92 Å². The first-order valence-electron chi connectivity index (χ1n) is 9.37. The highest BCUT2D eigenvalue weighted by molar-refractivity contribution is 5.97. The molecule has 0 atom stereocenters. The molecular weight excluding hydrogens is 356 g/mol. The molecule has 1 aliphatic rings. The van der Waals surface area contributed by atoms with Gasteiger partial charge >= 0.3 is 0 Å². The maximum atomic E-state index is 13.0. The van der Waals surface area contributed by atoms with Gasteiger partial charge in [0, 0.05) is 30.3 Å². The highest BCUT2D eigenvalue weighted by Gasteiger charge is 2.24. The number of nitrogens with zero attached hydrogens (tertiary/aromatic N) is 1. The zero-order chi connectivity index (χ0) is 20.3. The largest absolute Gasteiger partial charge is 0.493 e. The van der Waals surface area contributed by atoms with Gasteiger partial charge in [0.2, 0.25) is 5.91 Å². The molecule has 2 aromatic rings. The molecule has 0 aliphatic carbocycles. The average Bonchev–Trinajstić information content (AvgIpc) is 2.71. The lowest BCUT2D eigenvalue weighted by atomic mass is 9.98. The first-order valence-corrected chi connectivity index (χ1v) is 9.37. The summed E-state index contributed by atoms with van der Waals surface area (Å²) in [5.74, 6) is 1.12. The lowest BCUT2D eigenvalue weighted by Gasteiger charge is -2.30. The molecule has 3 rings (SSSR count). The second-order valence-corrected chi connectivity index (χ2v) is 7.18. The Morgan fingerprint density at radius 2 is 1.71 bits per heavy atom. The fraction of sp³-hybridized carbons (Fsp3) is 0.364. The van der Waals surface area contributed by atoms with Gasteiger partial charge in [-0.05, 0) is 47.9 Å². The van der Waals surface area contributed by atoms with Gasteiger partial charge in [0.1, 0.15) is 0 Å². The van der Waals surface area contributed by atoms with Gasteiger partial charge in [-0.25, -0.2) is 0 Å². The van der Waals surface area contributed by atoms with E-state index in [2.05, 4.69) is 5.32 Å². The fourth-order valence-corrected chi connectivity index (χ4v) is 3.26. The van der Waals surface area contributed by atoms with Crippen LogP contribution in [-0.4, -0.2) is 37.5 Å². The molecule has 2 aromatic carbocycles. The topological polar surface area (TPSA) is 67.9 Å². The van der Waals surface area contributed by atoms with Crippen LogP contribution in [0.2, 0.25) is 0 Å². The van der Waals surface area contributed by atoms with Gasteiger partial charge in [-0.1, -0.05) is 19.9 Å². The molecule has 148 valence electrons. The van der Waals surface area contributed by atoms with Gasteiger partial charge in [0.05, 0.1) is 14.2 Å². The van der Waals surface area contributed by atoms with E-state index in [1.807, 2.05) is 30.9 Å². The number of anilines is 1. The summed E-state index contributed by atoms with van der Waals surface area (Å²) in [6.45, 7) is 4.80. The minimum atomic E-state index is -0.120. The molecule has 6 heteroatoms. The first-order chi connectivity index (χ1) is 13.4. The minimum Gasteiger partial charge on any atom is -0.493 e. The Bertz CT molecular complexity index is 892. The SMILES string of the molecule is COc1cc2c(cc1OC)CN(C(=O)c1cccc(NC(=O)C(C)C)c1)CC2. The molecular formula is C22H26N2O4. The van der Waals surface area contributed by atoms with Crippen LogP contribution in [-0.2, 0) is 17.8 Å². The fourth-order valence-electron chi connectivity index (χ4n) is 3.26. The molecule has 0 spiro atoms. The standard InChI is InChI=1S/C22H26N2O4/c1-14(2)21(25)23-18-7-5-6-16(10-18)22(26)24-9-8-15-11-19(27-3)20(28-4)12-17(15)13-24/h5-7,10-12,14H,8-9,13H2,1-4H3,(H,23,25). The van der Waals surface area contributed by atoms with E-state index in [-0.39, 0.29) is 17.7 Å². The van der Waals surface area contributed by atoms with Crippen molar-refractivity contribution < 1.29 is 19.1 Å². The number of carbonyl (C=O) groups is 2. The predicted molar refractivity (Wildman–Crippen MR) is 108 cm³/mol. The highest BCUT2D eigenvalue weighted by Crippen LogP contribution is 2.33. The Morgan fingerprint density at radius 3 is 2.36 bits per heavy atom. The van der Waals surface area contributed by atoms with E-state index >= 15 is 0 Å². The van der Waals surface area contributed by atoms with Crippen LogP contribution in [0.1, 0.15) is 35.3 Å². The Kier molecular flexibility index (Phi) is 5.87. The second-order valence-electron chi connectivity index (χ2n) is 7.18. The summed E-state index contributed by atoms with van der Waals surface area (Å²) in [6.07, 6.45) is 0.755. The third-order valence-electron chi connectivity index (χ3n) is 4.91. The lowest BCUT2D eigenvalue weighted by Crippen LogP contribution is -2.36. The molecule has 2 amide bonds. The molecule has 0 saturated carbocycles. The van der Waals surface area contributed by atoms with Crippen molar-refractivity contribution in [2.45, 2.75) is 26.8 Å². The van der Waals surface area contributed by atoms with E-state index in [4.69, 9.17) is 9.47 Å². The summed E-state index contributed by atoms with van der Waals surface area (Å²) in [5, 5.41) is 2.84. The third-order valence-corrected chi connectivity index (χ3v) is 4.91. The van der Waals surface area contributed by atoms with Gasteiger partial charge in [-0.15, -0.1) is 0 Å². The number of hydrogen-bond donors (Lipinski definition) is 1. The first kappa shape index (κ1) is 19.7. The number of benzene rings is 2. The van der Waals surface area contributed by atoms with Gasteiger partial charge < -0.3 is 19.7 Å². The molecule has 1 N–H and O–H groups in total. The number of hydrogen-bond acceptors (Lipinski definition) is 4. The second kappa shape index (κ2) is 8.33. The van der Waals surface area contributed by atoms with Crippen LogP contribution >= 0.6 is 0 Å². The number of rotatable bonds is 5. The number of nitrogens with one attached hydrogen (secondary N) is 1. The average molecular weight is 382 g/mol. The highest BCUT2D eigenvalue weighted by atomic mass is 16.5.